The van der Waals surface area contributed by atoms with E-state index < -0.39 is 11.8 Å². The zero-order chi connectivity index (χ0) is 20.3. The Bertz CT molecular complexity index is 985. The van der Waals surface area contributed by atoms with Crippen LogP contribution in [0.25, 0.3) is 0 Å². The van der Waals surface area contributed by atoms with Gasteiger partial charge in [-0.3, -0.25) is 19.6 Å². The Morgan fingerprint density at radius 3 is 1.50 bits per heavy atom. The third kappa shape index (κ3) is 4.65. The lowest BCUT2D eigenvalue weighted by atomic mass is 10.2. The highest BCUT2D eigenvalue weighted by molar-refractivity contribution is 6.42. The minimum absolute atomic E-state index is 0.237. The van der Waals surface area contributed by atoms with Gasteiger partial charge in [0.15, 0.2) is 0 Å². The minimum Gasteiger partial charge on any atom is -0.319 e. The van der Waals surface area contributed by atoms with Crippen molar-refractivity contribution in [3.63, 3.8) is 0 Å². The number of nitrogens with zero attached hydrogens (tertiary/aromatic N) is 2. The van der Waals surface area contributed by atoms with Crippen molar-refractivity contribution in [2.45, 2.75) is 13.8 Å². The lowest BCUT2D eigenvalue weighted by molar-refractivity contribution is 0.101. The number of amides is 2. The van der Waals surface area contributed by atoms with Crippen molar-refractivity contribution in [1.29, 1.82) is 0 Å². The predicted molar refractivity (Wildman–Crippen MR) is 110 cm³/mol. The van der Waals surface area contributed by atoms with Gasteiger partial charge in [-0.05, 0) is 61.4 Å². The topological polar surface area (TPSA) is 84.0 Å². The van der Waals surface area contributed by atoms with E-state index in [-0.39, 0.29) is 21.4 Å². The number of aryl methyl sites for hydroxylation is 2. The highest BCUT2D eigenvalue weighted by atomic mass is 35.5. The largest absolute Gasteiger partial charge is 0.319 e. The second kappa shape index (κ2) is 8.37. The lowest BCUT2D eigenvalue weighted by Crippen LogP contribution is -2.18. The van der Waals surface area contributed by atoms with E-state index in [1.807, 2.05) is 13.8 Å². The molecule has 8 heteroatoms. The number of rotatable bonds is 4. The Balaban J connectivity index is 1.90. The fourth-order valence-electron chi connectivity index (χ4n) is 2.45. The Kier molecular flexibility index (Phi) is 5.92. The van der Waals surface area contributed by atoms with Crippen molar-refractivity contribution >= 4 is 46.4 Å². The molecule has 2 heterocycles. The standard InChI is InChI=1S/C20H16Cl2N4O2/c1-11-3-5-23-17(7-11)19(27)25-15-9-13(21)14(22)10-16(15)26-20(28)18-8-12(2)4-6-24-18/h3-10H,1-2H3,(H,25,27)(H,26,28). The molecular weight excluding hydrogens is 399 g/mol. The molecule has 28 heavy (non-hydrogen) atoms. The second-order valence-electron chi connectivity index (χ2n) is 6.16. The molecule has 0 aliphatic rings. The van der Waals surface area contributed by atoms with E-state index in [1.54, 1.807) is 36.7 Å². The van der Waals surface area contributed by atoms with Gasteiger partial charge in [-0.1, -0.05) is 23.2 Å². The van der Waals surface area contributed by atoms with Gasteiger partial charge in [0.1, 0.15) is 11.4 Å². The summed E-state index contributed by atoms with van der Waals surface area (Å²) in [5.41, 5.74) is 2.86. The van der Waals surface area contributed by atoms with E-state index in [9.17, 15) is 9.59 Å². The molecule has 2 aromatic heterocycles. The van der Waals surface area contributed by atoms with Crippen LogP contribution in [0.2, 0.25) is 10.0 Å². The van der Waals surface area contributed by atoms with Gasteiger partial charge in [0.2, 0.25) is 0 Å². The molecule has 0 saturated heterocycles. The monoisotopic (exact) mass is 414 g/mol. The summed E-state index contributed by atoms with van der Waals surface area (Å²) < 4.78 is 0. The van der Waals surface area contributed by atoms with Crippen LogP contribution in [0.15, 0.2) is 48.8 Å². The van der Waals surface area contributed by atoms with Crippen molar-refractivity contribution in [1.82, 2.24) is 9.97 Å². The van der Waals surface area contributed by atoms with Gasteiger partial charge in [-0.15, -0.1) is 0 Å². The molecule has 0 unspecified atom stereocenters. The normalized spacial score (nSPS) is 10.4. The van der Waals surface area contributed by atoms with Gasteiger partial charge in [0.25, 0.3) is 11.8 Å². The van der Waals surface area contributed by atoms with E-state index in [0.717, 1.165) is 11.1 Å². The van der Waals surface area contributed by atoms with Crippen molar-refractivity contribution in [2.75, 3.05) is 10.6 Å². The van der Waals surface area contributed by atoms with Crippen LogP contribution in [-0.4, -0.2) is 21.8 Å². The lowest BCUT2D eigenvalue weighted by Gasteiger charge is -2.14. The average molecular weight is 415 g/mol. The Morgan fingerprint density at radius 2 is 1.14 bits per heavy atom. The minimum atomic E-state index is -0.439. The Morgan fingerprint density at radius 1 is 0.750 bits per heavy atom. The maximum Gasteiger partial charge on any atom is 0.274 e. The molecular formula is C20H16Cl2N4O2. The number of carbonyl (C=O) groups excluding carboxylic acids is 2. The highest BCUT2D eigenvalue weighted by Gasteiger charge is 2.16. The van der Waals surface area contributed by atoms with Crippen LogP contribution in [0.5, 0.6) is 0 Å². The first-order valence-corrected chi connectivity index (χ1v) is 9.06. The molecule has 3 aromatic rings. The quantitative estimate of drug-likeness (QED) is 0.635. The molecule has 0 fully saturated rings. The molecule has 3 rings (SSSR count). The number of benzene rings is 1. The summed E-state index contributed by atoms with van der Waals surface area (Å²) >= 11 is 12.2. The van der Waals surface area contributed by atoms with E-state index >= 15 is 0 Å². The third-order valence-corrected chi connectivity index (χ3v) is 4.58. The number of pyridine rings is 2. The Labute approximate surface area is 171 Å². The molecule has 2 amide bonds. The van der Waals surface area contributed by atoms with Gasteiger partial charge < -0.3 is 10.6 Å². The molecule has 6 nitrogen and oxygen atoms in total. The number of carbonyl (C=O) groups is 2. The van der Waals surface area contributed by atoms with E-state index in [4.69, 9.17) is 23.2 Å². The summed E-state index contributed by atoms with van der Waals surface area (Å²) in [6.07, 6.45) is 3.09. The van der Waals surface area contributed by atoms with E-state index in [0.29, 0.717) is 11.4 Å². The predicted octanol–water partition coefficient (Wildman–Crippen LogP) is 4.90. The van der Waals surface area contributed by atoms with Crippen LogP contribution in [0.1, 0.15) is 32.1 Å². The van der Waals surface area contributed by atoms with Crippen LogP contribution in [-0.2, 0) is 0 Å². The number of hydrogen-bond acceptors (Lipinski definition) is 4. The summed E-state index contributed by atoms with van der Waals surface area (Å²) in [7, 11) is 0. The molecule has 0 spiro atoms. The van der Waals surface area contributed by atoms with Gasteiger partial charge in [0.05, 0.1) is 21.4 Å². The zero-order valence-corrected chi connectivity index (χ0v) is 16.6. The summed E-state index contributed by atoms with van der Waals surface area (Å²) in [4.78, 5) is 33.2. The van der Waals surface area contributed by atoms with Crippen molar-refractivity contribution in [2.24, 2.45) is 0 Å². The number of hydrogen-bond donors (Lipinski definition) is 2. The van der Waals surface area contributed by atoms with Crippen molar-refractivity contribution in [3.05, 3.63) is 81.4 Å². The maximum atomic E-state index is 12.5. The molecule has 1 aromatic carbocycles. The van der Waals surface area contributed by atoms with Gasteiger partial charge >= 0.3 is 0 Å². The fourth-order valence-corrected chi connectivity index (χ4v) is 2.77. The summed E-state index contributed by atoms with van der Waals surface area (Å²) in [6.45, 7) is 3.72. The molecule has 0 atom stereocenters. The molecule has 0 aliphatic carbocycles. The number of nitrogens with one attached hydrogen (secondary N) is 2. The zero-order valence-electron chi connectivity index (χ0n) is 15.1. The van der Waals surface area contributed by atoms with Crippen LogP contribution in [0.3, 0.4) is 0 Å². The maximum absolute atomic E-state index is 12.5. The Hall–Kier alpha value is -2.96. The molecule has 0 aliphatic heterocycles. The van der Waals surface area contributed by atoms with Crippen LogP contribution >= 0.6 is 23.2 Å². The van der Waals surface area contributed by atoms with Crippen LogP contribution in [0, 0.1) is 13.8 Å². The third-order valence-electron chi connectivity index (χ3n) is 3.85. The molecule has 142 valence electrons. The molecule has 0 bridgehead atoms. The van der Waals surface area contributed by atoms with Crippen molar-refractivity contribution in [3.8, 4) is 0 Å². The average Bonchev–Trinajstić information content (AvgIpc) is 2.65. The van der Waals surface area contributed by atoms with Gasteiger partial charge in [0, 0.05) is 12.4 Å². The van der Waals surface area contributed by atoms with E-state index in [2.05, 4.69) is 20.6 Å². The molecule has 0 radical (unpaired) electrons. The first kappa shape index (κ1) is 19.8. The number of halogens is 2. The highest BCUT2D eigenvalue weighted by Crippen LogP contribution is 2.33. The smallest absolute Gasteiger partial charge is 0.274 e. The van der Waals surface area contributed by atoms with Gasteiger partial charge in [-0.2, -0.15) is 0 Å². The molecule has 2 N–H and O–H groups in total. The number of aromatic nitrogens is 2. The first-order chi connectivity index (χ1) is 13.3. The number of anilines is 2. The van der Waals surface area contributed by atoms with Crippen LogP contribution < -0.4 is 10.6 Å². The van der Waals surface area contributed by atoms with Crippen molar-refractivity contribution < 1.29 is 9.59 Å². The van der Waals surface area contributed by atoms with E-state index in [1.165, 1.54) is 12.1 Å². The summed E-state index contributed by atoms with van der Waals surface area (Å²) in [5.74, 6) is -0.877. The van der Waals surface area contributed by atoms with Crippen LogP contribution in [0.4, 0.5) is 11.4 Å². The van der Waals surface area contributed by atoms with Gasteiger partial charge in [-0.25, -0.2) is 0 Å². The molecule has 0 saturated carbocycles. The fraction of sp³-hybridized carbons (Fsp3) is 0.100. The summed E-state index contributed by atoms with van der Waals surface area (Å²) in [5, 5.41) is 5.90. The second-order valence-corrected chi connectivity index (χ2v) is 6.97. The summed E-state index contributed by atoms with van der Waals surface area (Å²) in [6, 6.07) is 9.82. The first-order valence-electron chi connectivity index (χ1n) is 8.30. The SMILES string of the molecule is Cc1ccnc(C(=O)Nc2cc(Cl)c(Cl)cc2NC(=O)c2cc(C)ccn2)c1.